The highest BCUT2D eigenvalue weighted by molar-refractivity contribution is 5.90. The van der Waals surface area contributed by atoms with E-state index < -0.39 is 5.41 Å². The number of carbonyl (C=O) groups excluding carboxylic acids is 1. The van der Waals surface area contributed by atoms with Crippen LogP contribution in [0.3, 0.4) is 0 Å². The van der Waals surface area contributed by atoms with Crippen molar-refractivity contribution in [1.82, 2.24) is 5.01 Å². The maximum atomic E-state index is 12.3. The Kier molecular flexibility index (Phi) is 2.41. The topological polar surface area (TPSA) is 56.5 Å². The molecule has 1 fully saturated rings. The fourth-order valence-corrected chi connectivity index (χ4v) is 2.28. The molecule has 1 heterocycles. The van der Waals surface area contributed by atoms with Gasteiger partial charge < -0.3 is 0 Å². The zero-order valence-electron chi connectivity index (χ0n) is 9.91. The highest BCUT2D eigenvalue weighted by atomic mass is 16.2. The molecule has 1 aliphatic heterocycles. The van der Waals surface area contributed by atoms with E-state index in [1.807, 2.05) is 30.3 Å². The first kappa shape index (κ1) is 11.0. The molecule has 0 saturated heterocycles. The first-order valence-electron chi connectivity index (χ1n) is 6.09. The predicted molar refractivity (Wildman–Crippen MR) is 66.4 cm³/mol. The SMILES string of the molecule is N#CC1(C(=O)N2N=CCC2c2ccccc2)CC1. The molecule has 1 aromatic rings. The van der Waals surface area contributed by atoms with Crippen LogP contribution in [0.5, 0.6) is 0 Å². The van der Waals surface area contributed by atoms with Gasteiger partial charge in [-0.15, -0.1) is 0 Å². The minimum absolute atomic E-state index is 0.0514. The Morgan fingerprint density at radius 1 is 1.39 bits per heavy atom. The Balaban J connectivity index is 1.86. The zero-order chi connectivity index (χ0) is 12.6. The number of hydrazone groups is 1. The molecule has 1 saturated carbocycles. The molecule has 2 aliphatic rings. The van der Waals surface area contributed by atoms with Crippen molar-refractivity contribution in [2.45, 2.75) is 25.3 Å². The molecule has 4 nitrogen and oxygen atoms in total. The summed E-state index contributed by atoms with van der Waals surface area (Å²) in [6.45, 7) is 0. The number of carbonyl (C=O) groups is 1. The van der Waals surface area contributed by atoms with E-state index in [0.29, 0.717) is 12.8 Å². The molecular weight excluding hydrogens is 226 g/mol. The van der Waals surface area contributed by atoms with Gasteiger partial charge in [0.25, 0.3) is 5.91 Å². The van der Waals surface area contributed by atoms with Crippen molar-refractivity contribution in [3.05, 3.63) is 35.9 Å². The lowest BCUT2D eigenvalue weighted by molar-refractivity contribution is -0.136. The van der Waals surface area contributed by atoms with Crippen LogP contribution in [-0.4, -0.2) is 17.1 Å². The van der Waals surface area contributed by atoms with Crippen LogP contribution >= 0.6 is 0 Å². The van der Waals surface area contributed by atoms with E-state index in [-0.39, 0.29) is 11.9 Å². The first-order chi connectivity index (χ1) is 8.77. The minimum Gasteiger partial charge on any atom is -0.271 e. The van der Waals surface area contributed by atoms with Crippen molar-refractivity contribution in [1.29, 1.82) is 5.26 Å². The molecule has 3 rings (SSSR count). The number of hydrogen-bond acceptors (Lipinski definition) is 3. The van der Waals surface area contributed by atoms with Crippen LogP contribution in [0.4, 0.5) is 0 Å². The number of hydrogen-bond donors (Lipinski definition) is 0. The summed E-state index contributed by atoms with van der Waals surface area (Å²) < 4.78 is 0. The highest BCUT2D eigenvalue weighted by Crippen LogP contribution is 2.48. The van der Waals surface area contributed by atoms with Crippen LogP contribution in [0, 0.1) is 16.7 Å². The van der Waals surface area contributed by atoms with Gasteiger partial charge in [-0.05, 0) is 18.4 Å². The molecule has 90 valence electrons. The second-order valence-corrected chi connectivity index (χ2v) is 4.80. The molecule has 4 heteroatoms. The molecule has 1 amide bonds. The average molecular weight is 239 g/mol. The lowest BCUT2D eigenvalue weighted by Gasteiger charge is -2.23. The summed E-state index contributed by atoms with van der Waals surface area (Å²) in [4.78, 5) is 12.3. The molecule has 0 N–H and O–H groups in total. The van der Waals surface area contributed by atoms with Gasteiger partial charge in [0, 0.05) is 12.6 Å². The Hall–Kier alpha value is -2.15. The fraction of sp³-hybridized carbons (Fsp3) is 0.357. The van der Waals surface area contributed by atoms with Gasteiger partial charge in [0.1, 0.15) is 5.41 Å². The molecular formula is C14H13N3O. The maximum Gasteiger partial charge on any atom is 0.263 e. The van der Waals surface area contributed by atoms with Crippen LogP contribution in [0.25, 0.3) is 0 Å². The summed E-state index contributed by atoms with van der Waals surface area (Å²) in [6, 6.07) is 11.9. The van der Waals surface area contributed by atoms with Gasteiger partial charge in [-0.3, -0.25) is 4.79 Å². The molecule has 1 unspecified atom stereocenters. The van der Waals surface area contributed by atoms with E-state index in [9.17, 15) is 4.79 Å². The Morgan fingerprint density at radius 2 is 2.11 bits per heavy atom. The van der Waals surface area contributed by atoms with Crippen molar-refractivity contribution in [3.8, 4) is 6.07 Å². The summed E-state index contributed by atoms with van der Waals surface area (Å²) in [6.07, 6.45) is 3.80. The number of nitriles is 1. The summed E-state index contributed by atoms with van der Waals surface area (Å²) in [5.41, 5.74) is 0.270. The third-order valence-electron chi connectivity index (χ3n) is 3.60. The van der Waals surface area contributed by atoms with Crippen LogP contribution in [0.2, 0.25) is 0 Å². The van der Waals surface area contributed by atoms with E-state index in [0.717, 1.165) is 12.0 Å². The van der Waals surface area contributed by atoms with Crippen molar-refractivity contribution in [3.63, 3.8) is 0 Å². The molecule has 18 heavy (non-hydrogen) atoms. The third kappa shape index (κ3) is 1.60. The van der Waals surface area contributed by atoms with Crippen molar-refractivity contribution in [2.24, 2.45) is 10.5 Å². The second kappa shape index (κ2) is 3.95. The minimum atomic E-state index is -0.797. The van der Waals surface area contributed by atoms with Crippen molar-refractivity contribution >= 4 is 12.1 Å². The number of nitrogens with zero attached hydrogens (tertiary/aromatic N) is 3. The van der Waals surface area contributed by atoms with Gasteiger partial charge in [0.15, 0.2) is 0 Å². The number of rotatable bonds is 2. The third-order valence-corrected chi connectivity index (χ3v) is 3.60. The van der Waals surface area contributed by atoms with E-state index >= 15 is 0 Å². The quantitative estimate of drug-likeness (QED) is 0.794. The zero-order valence-corrected chi connectivity index (χ0v) is 9.91. The summed E-state index contributed by atoms with van der Waals surface area (Å²) in [7, 11) is 0. The Bertz CT molecular complexity index is 540. The molecule has 0 radical (unpaired) electrons. The van der Waals surface area contributed by atoms with E-state index in [1.54, 1.807) is 6.21 Å². The number of amides is 1. The molecule has 1 aliphatic carbocycles. The fourth-order valence-electron chi connectivity index (χ4n) is 2.28. The number of benzene rings is 1. The summed E-state index contributed by atoms with van der Waals surface area (Å²) in [5.74, 6) is -0.146. The highest BCUT2D eigenvalue weighted by Gasteiger charge is 2.54. The van der Waals surface area contributed by atoms with Crippen molar-refractivity contribution in [2.75, 3.05) is 0 Å². The maximum absolute atomic E-state index is 12.3. The molecule has 1 atom stereocenters. The van der Waals surface area contributed by atoms with Gasteiger partial charge in [-0.1, -0.05) is 30.3 Å². The Morgan fingerprint density at radius 3 is 2.72 bits per heavy atom. The monoisotopic (exact) mass is 239 g/mol. The van der Waals surface area contributed by atoms with Crippen LogP contribution in [0.15, 0.2) is 35.4 Å². The lowest BCUT2D eigenvalue weighted by Crippen LogP contribution is -2.33. The van der Waals surface area contributed by atoms with Crippen LogP contribution in [0.1, 0.15) is 30.9 Å². The van der Waals surface area contributed by atoms with Gasteiger partial charge in [-0.2, -0.15) is 10.4 Å². The first-order valence-corrected chi connectivity index (χ1v) is 6.09. The van der Waals surface area contributed by atoms with Gasteiger partial charge in [0.2, 0.25) is 0 Å². The van der Waals surface area contributed by atoms with E-state index in [2.05, 4.69) is 11.2 Å². The molecule has 0 aromatic heterocycles. The Labute approximate surface area is 106 Å². The van der Waals surface area contributed by atoms with Crippen molar-refractivity contribution < 1.29 is 4.79 Å². The lowest BCUT2D eigenvalue weighted by atomic mass is 10.0. The average Bonchev–Trinajstić information content (AvgIpc) is 3.08. The molecule has 0 bridgehead atoms. The van der Waals surface area contributed by atoms with E-state index in [1.165, 1.54) is 5.01 Å². The normalized spacial score (nSPS) is 23.7. The molecule has 1 aromatic carbocycles. The smallest absolute Gasteiger partial charge is 0.263 e. The summed E-state index contributed by atoms with van der Waals surface area (Å²) in [5, 5.41) is 14.7. The van der Waals surface area contributed by atoms with Gasteiger partial charge >= 0.3 is 0 Å². The predicted octanol–water partition coefficient (Wildman–Crippen LogP) is 2.25. The largest absolute Gasteiger partial charge is 0.271 e. The summed E-state index contributed by atoms with van der Waals surface area (Å²) >= 11 is 0. The second-order valence-electron chi connectivity index (χ2n) is 4.80. The van der Waals surface area contributed by atoms with Crippen LogP contribution < -0.4 is 0 Å². The molecule has 0 spiro atoms. The van der Waals surface area contributed by atoms with E-state index in [4.69, 9.17) is 5.26 Å². The van der Waals surface area contributed by atoms with Gasteiger partial charge in [-0.25, -0.2) is 5.01 Å². The van der Waals surface area contributed by atoms with Crippen LogP contribution in [-0.2, 0) is 4.79 Å². The van der Waals surface area contributed by atoms with Gasteiger partial charge in [0.05, 0.1) is 12.1 Å². The standard InChI is InChI=1S/C14H13N3O/c15-10-14(7-8-14)13(18)17-12(6-9-16-17)11-4-2-1-3-5-11/h1-5,9,12H,6-8H2.